The molecule has 21 heavy (non-hydrogen) atoms. The summed E-state index contributed by atoms with van der Waals surface area (Å²) in [6.45, 7) is 6.03. The Balaban J connectivity index is 1.76. The molecule has 0 aromatic heterocycles. The third-order valence-corrected chi connectivity index (χ3v) is 3.96. The van der Waals surface area contributed by atoms with Gasteiger partial charge in [-0.2, -0.15) is 0 Å². The van der Waals surface area contributed by atoms with Gasteiger partial charge in [-0.15, -0.1) is 0 Å². The minimum absolute atomic E-state index is 0.312. The monoisotopic (exact) mass is 292 g/mol. The van der Waals surface area contributed by atoms with Gasteiger partial charge in [0, 0.05) is 31.9 Å². The second-order valence-corrected chi connectivity index (χ2v) is 5.79. The van der Waals surface area contributed by atoms with Gasteiger partial charge < -0.3 is 19.6 Å². The summed E-state index contributed by atoms with van der Waals surface area (Å²) in [6, 6.07) is 8.91. The van der Waals surface area contributed by atoms with Gasteiger partial charge in [-0.25, -0.2) is 0 Å². The standard InChI is InChI=1S/C17H28N2O2/c1-18(9-3-2-4-12-20)15-16-5-7-17(8-6-16)19-10-13-21-14-11-19/h5-8,20H,2-4,9-15H2,1H3. The highest BCUT2D eigenvalue weighted by Gasteiger charge is 2.10. The van der Waals surface area contributed by atoms with Crippen molar-refractivity contribution in [3.8, 4) is 0 Å². The largest absolute Gasteiger partial charge is 0.396 e. The summed E-state index contributed by atoms with van der Waals surface area (Å²) < 4.78 is 5.39. The van der Waals surface area contributed by atoms with Crippen LogP contribution in [0.15, 0.2) is 24.3 Å². The molecule has 4 heteroatoms. The van der Waals surface area contributed by atoms with Crippen LogP contribution in [0.2, 0.25) is 0 Å². The molecule has 1 N–H and O–H groups in total. The second kappa shape index (κ2) is 9.03. The molecule has 1 aromatic carbocycles. The third-order valence-electron chi connectivity index (χ3n) is 3.96. The number of benzene rings is 1. The van der Waals surface area contributed by atoms with Crippen LogP contribution >= 0.6 is 0 Å². The number of rotatable bonds is 8. The molecule has 2 rings (SSSR count). The number of aliphatic hydroxyl groups excluding tert-OH is 1. The van der Waals surface area contributed by atoms with Crippen molar-refractivity contribution in [3.05, 3.63) is 29.8 Å². The molecule has 1 heterocycles. The molecule has 1 fully saturated rings. The Morgan fingerprint density at radius 2 is 1.81 bits per heavy atom. The van der Waals surface area contributed by atoms with E-state index < -0.39 is 0 Å². The molecule has 0 amide bonds. The second-order valence-electron chi connectivity index (χ2n) is 5.79. The molecule has 1 aliphatic heterocycles. The van der Waals surface area contributed by atoms with Gasteiger partial charge in [0.15, 0.2) is 0 Å². The number of hydrogen-bond acceptors (Lipinski definition) is 4. The first-order valence-corrected chi connectivity index (χ1v) is 8.00. The van der Waals surface area contributed by atoms with Gasteiger partial charge in [-0.1, -0.05) is 12.1 Å². The van der Waals surface area contributed by atoms with Crippen LogP contribution in [-0.4, -0.2) is 56.5 Å². The minimum atomic E-state index is 0.312. The van der Waals surface area contributed by atoms with Crippen molar-refractivity contribution in [2.75, 3.05) is 51.4 Å². The first-order valence-electron chi connectivity index (χ1n) is 8.00. The average molecular weight is 292 g/mol. The highest BCUT2D eigenvalue weighted by Crippen LogP contribution is 2.17. The molecular weight excluding hydrogens is 264 g/mol. The van der Waals surface area contributed by atoms with E-state index in [4.69, 9.17) is 9.84 Å². The van der Waals surface area contributed by atoms with Gasteiger partial charge in [0.25, 0.3) is 0 Å². The number of unbranched alkanes of at least 4 members (excludes halogenated alkanes) is 2. The molecule has 0 saturated carbocycles. The maximum atomic E-state index is 8.77. The Labute approximate surface area is 128 Å². The van der Waals surface area contributed by atoms with Gasteiger partial charge >= 0.3 is 0 Å². The molecular formula is C17H28N2O2. The zero-order chi connectivity index (χ0) is 14.9. The van der Waals surface area contributed by atoms with Crippen molar-refractivity contribution in [1.82, 2.24) is 4.90 Å². The lowest BCUT2D eigenvalue weighted by molar-refractivity contribution is 0.122. The highest BCUT2D eigenvalue weighted by molar-refractivity contribution is 5.47. The van der Waals surface area contributed by atoms with Crippen LogP contribution < -0.4 is 4.90 Å². The fraction of sp³-hybridized carbons (Fsp3) is 0.647. The lowest BCUT2D eigenvalue weighted by Crippen LogP contribution is -2.36. The van der Waals surface area contributed by atoms with E-state index in [1.54, 1.807) is 0 Å². The molecule has 4 nitrogen and oxygen atoms in total. The van der Waals surface area contributed by atoms with E-state index in [-0.39, 0.29) is 0 Å². The van der Waals surface area contributed by atoms with Gasteiger partial charge in [-0.05, 0) is 50.6 Å². The summed E-state index contributed by atoms with van der Waals surface area (Å²) in [5, 5.41) is 8.77. The Hall–Kier alpha value is -1.10. The van der Waals surface area contributed by atoms with E-state index in [2.05, 4.69) is 41.1 Å². The number of morpholine rings is 1. The topological polar surface area (TPSA) is 35.9 Å². The van der Waals surface area contributed by atoms with Crippen LogP contribution in [0.5, 0.6) is 0 Å². The van der Waals surface area contributed by atoms with E-state index in [0.29, 0.717) is 6.61 Å². The molecule has 0 aliphatic carbocycles. The van der Waals surface area contributed by atoms with Gasteiger partial charge in [0.2, 0.25) is 0 Å². The molecule has 0 spiro atoms. The lowest BCUT2D eigenvalue weighted by atomic mass is 10.1. The van der Waals surface area contributed by atoms with Crippen LogP contribution in [0.4, 0.5) is 5.69 Å². The quantitative estimate of drug-likeness (QED) is 0.745. The zero-order valence-electron chi connectivity index (χ0n) is 13.1. The molecule has 1 aromatic rings. The molecule has 0 radical (unpaired) electrons. The Morgan fingerprint density at radius 3 is 2.48 bits per heavy atom. The highest BCUT2D eigenvalue weighted by atomic mass is 16.5. The van der Waals surface area contributed by atoms with Crippen molar-refractivity contribution in [3.63, 3.8) is 0 Å². The maximum absolute atomic E-state index is 8.77. The minimum Gasteiger partial charge on any atom is -0.396 e. The van der Waals surface area contributed by atoms with Crippen molar-refractivity contribution < 1.29 is 9.84 Å². The maximum Gasteiger partial charge on any atom is 0.0642 e. The summed E-state index contributed by atoms with van der Waals surface area (Å²) in [5.41, 5.74) is 2.66. The van der Waals surface area contributed by atoms with E-state index in [1.807, 2.05) is 0 Å². The molecule has 0 unspecified atom stereocenters. The molecule has 1 aliphatic rings. The summed E-state index contributed by atoms with van der Waals surface area (Å²) in [5.74, 6) is 0. The van der Waals surface area contributed by atoms with E-state index in [0.717, 1.165) is 58.7 Å². The third kappa shape index (κ3) is 5.65. The van der Waals surface area contributed by atoms with Gasteiger partial charge in [0.05, 0.1) is 13.2 Å². The van der Waals surface area contributed by atoms with E-state index in [1.165, 1.54) is 11.3 Å². The number of hydrogen-bond donors (Lipinski definition) is 1. The number of aliphatic hydroxyl groups is 1. The normalized spacial score (nSPS) is 15.7. The summed E-state index contributed by atoms with van der Waals surface area (Å²) in [4.78, 5) is 4.73. The Kier molecular flexibility index (Phi) is 7.00. The number of ether oxygens (including phenoxy) is 1. The summed E-state index contributed by atoms with van der Waals surface area (Å²) >= 11 is 0. The summed E-state index contributed by atoms with van der Waals surface area (Å²) in [6.07, 6.45) is 3.18. The number of anilines is 1. The average Bonchev–Trinajstić information content (AvgIpc) is 2.53. The zero-order valence-corrected chi connectivity index (χ0v) is 13.1. The van der Waals surface area contributed by atoms with Crippen LogP contribution in [0.25, 0.3) is 0 Å². The van der Waals surface area contributed by atoms with Crippen LogP contribution in [0, 0.1) is 0 Å². The Morgan fingerprint density at radius 1 is 1.10 bits per heavy atom. The van der Waals surface area contributed by atoms with Crippen LogP contribution in [0.3, 0.4) is 0 Å². The van der Waals surface area contributed by atoms with Gasteiger partial charge in [0.1, 0.15) is 0 Å². The van der Waals surface area contributed by atoms with Crippen molar-refractivity contribution >= 4 is 5.69 Å². The fourth-order valence-corrected chi connectivity index (χ4v) is 2.69. The van der Waals surface area contributed by atoms with Gasteiger partial charge in [-0.3, -0.25) is 0 Å². The van der Waals surface area contributed by atoms with Crippen molar-refractivity contribution in [1.29, 1.82) is 0 Å². The predicted octanol–water partition coefficient (Wildman–Crippen LogP) is 2.12. The van der Waals surface area contributed by atoms with Crippen molar-refractivity contribution in [2.45, 2.75) is 25.8 Å². The summed E-state index contributed by atoms with van der Waals surface area (Å²) in [7, 11) is 2.16. The Bertz CT molecular complexity index is 388. The first kappa shape index (κ1) is 16.3. The molecule has 1 saturated heterocycles. The van der Waals surface area contributed by atoms with E-state index in [9.17, 15) is 0 Å². The fourth-order valence-electron chi connectivity index (χ4n) is 2.69. The number of nitrogens with zero attached hydrogens (tertiary/aromatic N) is 2. The van der Waals surface area contributed by atoms with Crippen LogP contribution in [-0.2, 0) is 11.3 Å². The molecule has 0 atom stereocenters. The lowest BCUT2D eigenvalue weighted by Gasteiger charge is -2.29. The molecule has 0 bridgehead atoms. The smallest absolute Gasteiger partial charge is 0.0642 e. The SMILES string of the molecule is CN(CCCCCO)Cc1ccc(N2CCOCC2)cc1. The van der Waals surface area contributed by atoms with Crippen LogP contribution in [0.1, 0.15) is 24.8 Å². The predicted molar refractivity (Wildman–Crippen MR) is 86.7 cm³/mol. The molecule has 118 valence electrons. The van der Waals surface area contributed by atoms with E-state index >= 15 is 0 Å². The first-order chi connectivity index (χ1) is 10.3. The van der Waals surface area contributed by atoms with Crippen molar-refractivity contribution in [2.24, 2.45) is 0 Å².